The number of amides is 1. The zero-order valence-electron chi connectivity index (χ0n) is 12.5. The number of hydrogen-bond acceptors (Lipinski definition) is 3. The van der Waals surface area contributed by atoms with Gasteiger partial charge in [-0.2, -0.15) is 11.8 Å². The Bertz CT molecular complexity index is 475. The number of halogens is 1. The fraction of sp³-hybridized carbons (Fsp3) is 0.562. The van der Waals surface area contributed by atoms with Gasteiger partial charge in [-0.25, -0.2) is 0 Å². The number of piperidine rings is 1. The van der Waals surface area contributed by atoms with E-state index in [1.165, 1.54) is 32.4 Å². The van der Waals surface area contributed by atoms with Crippen LogP contribution >= 0.6 is 23.4 Å². The van der Waals surface area contributed by atoms with Crippen molar-refractivity contribution in [1.82, 2.24) is 4.90 Å². The van der Waals surface area contributed by atoms with Crippen LogP contribution in [0.25, 0.3) is 0 Å². The monoisotopic (exact) mass is 326 g/mol. The molecule has 0 atom stereocenters. The minimum absolute atomic E-state index is 0.0593. The summed E-state index contributed by atoms with van der Waals surface area (Å²) in [5.41, 5.74) is 1.84. The normalized spacial score (nSPS) is 15.9. The van der Waals surface area contributed by atoms with Crippen LogP contribution in [0, 0.1) is 6.92 Å². The van der Waals surface area contributed by atoms with Gasteiger partial charge in [0.15, 0.2) is 0 Å². The Hall–Kier alpha value is -0.710. The second kappa shape index (κ2) is 8.66. The number of hydrogen-bond donors (Lipinski definition) is 1. The van der Waals surface area contributed by atoms with Gasteiger partial charge in [0.25, 0.3) is 0 Å². The van der Waals surface area contributed by atoms with Gasteiger partial charge in [0.2, 0.25) is 5.91 Å². The Labute approximate surface area is 136 Å². The highest BCUT2D eigenvalue weighted by Gasteiger charge is 2.10. The first-order valence-corrected chi connectivity index (χ1v) is 9.04. The van der Waals surface area contributed by atoms with Gasteiger partial charge in [-0.3, -0.25) is 4.79 Å². The Kier molecular flexibility index (Phi) is 6.87. The fourth-order valence-corrected chi connectivity index (χ4v) is 3.51. The van der Waals surface area contributed by atoms with E-state index in [1.807, 2.05) is 19.1 Å². The molecule has 1 heterocycles. The molecule has 21 heavy (non-hydrogen) atoms. The molecule has 1 fully saturated rings. The average molecular weight is 327 g/mol. The lowest BCUT2D eigenvalue weighted by Gasteiger charge is -2.25. The van der Waals surface area contributed by atoms with Crippen LogP contribution in [-0.2, 0) is 4.79 Å². The van der Waals surface area contributed by atoms with Gasteiger partial charge < -0.3 is 10.2 Å². The van der Waals surface area contributed by atoms with E-state index in [0.717, 1.165) is 23.5 Å². The Morgan fingerprint density at radius 3 is 2.81 bits per heavy atom. The van der Waals surface area contributed by atoms with Crippen LogP contribution < -0.4 is 5.32 Å². The molecular weight excluding hydrogens is 304 g/mol. The SMILES string of the molecule is Cc1cc(Cl)ccc1NC(=O)CSCCN1CCCCC1. The first-order valence-electron chi connectivity index (χ1n) is 7.51. The molecule has 1 saturated heterocycles. The van der Waals surface area contributed by atoms with Crippen molar-refractivity contribution in [2.24, 2.45) is 0 Å². The molecule has 0 aliphatic carbocycles. The second-order valence-corrected chi connectivity index (χ2v) is 7.00. The second-order valence-electron chi connectivity index (χ2n) is 5.46. The molecule has 5 heteroatoms. The van der Waals surface area contributed by atoms with Crippen molar-refractivity contribution in [2.45, 2.75) is 26.2 Å². The Morgan fingerprint density at radius 1 is 1.33 bits per heavy atom. The van der Waals surface area contributed by atoms with Gasteiger partial charge in [-0.15, -0.1) is 0 Å². The van der Waals surface area contributed by atoms with Crippen LogP contribution in [0.15, 0.2) is 18.2 Å². The third-order valence-corrected chi connectivity index (χ3v) is 4.87. The minimum atomic E-state index is 0.0593. The molecule has 0 saturated carbocycles. The Morgan fingerprint density at radius 2 is 2.10 bits per heavy atom. The minimum Gasteiger partial charge on any atom is -0.325 e. The molecular formula is C16H23ClN2OS. The van der Waals surface area contributed by atoms with E-state index in [0.29, 0.717) is 10.8 Å². The number of anilines is 1. The predicted molar refractivity (Wildman–Crippen MR) is 92.4 cm³/mol. The molecule has 1 aliphatic rings. The van der Waals surface area contributed by atoms with Crippen molar-refractivity contribution in [3.63, 3.8) is 0 Å². The summed E-state index contributed by atoms with van der Waals surface area (Å²) >= 11 is 7.61. The first kappa shape index (κ1) is 16.7. The van der Waals surface area contributed by atoms with Gasteiger partial charge in [-0.05, 0) is 56.6 Å². The van der Waals surface area contributed by atoms with E-state index < -0.39 is 0 Å². The lowest BCUT2D eigenvalue weighted by Crippen LogP contribution is -2.31. The van der Waals surface area contributed by atoms with Crippen molar-refractivity contribution in [2.75, 3.05) is 36.5 Å². The van der Waals surface area contributed by atoms with Gasteiger partial charge in [0.1, 0.15) is 0 Å². The van der Waals surface area contributed by atoms with Crippen molar-refractivity contribution in [3.05, 3.63) is 28.8 Å². The zero-order valence-corrected chi connectivity index (χ0v) is 14.1. The molecule has 3 nitrogen and oxygen atoms in total. The van der Waals surface area contributed by atoms with Gasteiger partial charge in [0, 0.05) is 23.0 Å². The van der Waals surface area contributed by atoms with Gasteiger partial charge in [0.05, 0.1) is 5.75 Å². The summed E-state index contributed by atoms with van der Waals surface area (Å²) in [6, 6.07) is 5.52. The molecule has 0 aromatic heterocycles. The van der Waals surface area contributed by atoms with Gasteiger partial charge >= 0.3 is 0 Å². The topological polar surface area (TPSA) is 32.3 Å². The quantitative estimate of drug-likeness (QED) is 0.807. The highest BCUT2D eigenvalue weighted by molar-refractivity contribution is 7.99. The summed E-state index contributed by atoms with van der Waals surface area (Å²) < 4.78 is 0. The molecule has 0 radical (unpaired) electrons. The molecule has 1 amide bonds. The number of nitrogens with zero attached hydrogens (tertiary/aromatic N) is 1. The maximum atomic E-state index is 11.9. The van der Waals surface area contributed by atoms with Gasteiger partial charge in [-0.1, -0.05) is 18.0 Å². The molecule has 2 rings (SSSR count). The molecule has 0 spiro atoms. The van der Waals surface area contributed by atoms with Crippen LogP contribution in [0.2, 0.25) is 5.02 Å². The lowest BCUT2D eigenvalue weighted by atomic mass is 10.1. The number of carbonyl (C=O) groups excluding carboxylic acids is 1. The molecule has 1 aromatic carbocycles. The predicted octanol–water partition coefficient (Wildman–Crippen LogP) is 3.81. The van der Waals surface area contributed by atoms with E-state index >= 15 is 0 Å². The highest BCUT2D eigenvalue weighted by atomic mass is 35.5. The summed E-state index contributed by atoms with van der Waals surface area (Å²) in [5.74, 6) is 1.59. The number of rotatable bonds is 6. The van der Waals surface area contributed by atoms with Crippen molar-refractivity contribution < 1.29 is 4.79 Å². The molecule has 1 aromatic rings. The summed E-state index contributed by atoms with van der Waals surface area (Å²) in [6.07, 6.45) is 4.01. The van der Waals surface area contributed by atoms with Crippen molar-refractivity contribution in [3.8, 4) is 0 Å². The van der Waals surface area contributed by atoms with Crippen LogP contribution in [-0.4, -0.2) is 41.9 Å². The molecule has 1 aliphatic heterocycles. The van der Waals surface area contributed by atoms with Crippen LogP contribution in [0.4, 0.5) is 5.69 Å². The number of carbonyl (C=O) groups is 1. The third kappa shape index (κ3) is 5.89. The number of thioether (sulfide) groups is 1. The molecule has 1 N–H and O–H groups in total. The van der Waals surface area contributed by atoms with E-state index in [9.17, 15) is 4.79 Å². The average Bonchev–Trinajstić information content (AvgIpc) is 2.48. The zero-order chi connectivity index (χ0) is 15.1. The number of nitrogens with one attached hydrogen (secondary N) is 1. The molecule has 0 unspecified atom stereocenters. The van der Waals surface area contributed by atoms with E-state index in [1.54, 1.807) is 17.8 Å². The smallest absolute Gasteiger partial charge is 0.234 e. The summed E-state index contributed by atoms with van der Waals surface area (Å²) in [7, 11) is 0. The van der Waals surface area contributed by atoms with Crippen LogP contribution in [0.3, 0.4) is 0 Å². The summed E-state index contributed by atoms with van der Waals surface area (Å²) in [5, 5.41) is 3.64. The van der Waals surface area contributed by atoms with Crippen LogP contribution in [0.1, 0.15) is 24.8 Å². The van der Waals surface area contributed by atoms with Crippen molar-refractivity contribution >= 4 is 35.0 Å². The number of likely N-dealkylation sites (tertiary alicyclic amines) is 1. The van der Waals surface area contributed by atoms with E-state index in [2.05, 4.69) is 10.2 Å². The molecule has 116 valence electrons. The third-order valence-electron chi connectivity index (χ3n) is 3.70. The fourth-order valence-electron chi connectivity index (χ4n) is 2.50. The maximum Gasteiger partial charge on any atom is 0.234 e. The van der Waals surface area contributed by atoms with Crippen LogP contribution in [0.5, 0.6) is 0 Å². The Balaban J connectivity index is 1.65. The lowest BCUT2D eigenvalue weighted by molar-refractivity contribution is -0.113. The number of aryl methyl sites for hydroxylation is 1. The summed E-state index contributed by atoms with van der Waals surface area (Å²) in [4.78, 5) is 14.4. The largest absolute Gasteiger partial charge is 0.325 e. The van der Waals surface area contributed by atoms with Crippen molar-refractivity contribution in [1.29, 1.82) is 0 Å². The summed E-state index contributed by atoms with van der Waals surface area (Å²) in [6.45, 7) is 5.48. The number of benzene rings is 1. The maximum absolute atomic E-state index is 11.9. The first-order chi connectivity index (χ1) is 10.1. The standard InChI is InChI=1S/C16H23ClN2OS/c1-13-11-14(17)5-6-15(13)18-16(20)12-21-10-9-19-7-3-2-4-8-19/h5-6,11H,2-4,7-10,12H2,1H3,(H,18,20). The highest BCUT2D eigenvalue weighted by Crippen LogP contribution is 2.19. The van der Waals surface area contributed by atoms with E-state index in [4.69, 9.17) is 11.6 Å². The van der Waals surface area contributed by atoms with E-state index in [-0.39, 0.29) is 5.91 Å². The molecule has 0 bridgehead atoms.